The van der Waals surface area contributed by atoms with Gasteiger partial charge < -0.3 is 14.0 Å². The molecule has 0 saturated heterocycles. The fourth-order valence-electron chi connectivity index (χ4n) is 4.08. The van der Waals surface area contributed by atoms with Crippen LogP contribution in [0.15, 0.2) is 126 Å². The zero-order chi connectivity index (χ0) is 27.0. The summed E-state index contributed by atoms with van der Waals surface area (Å²) in [7, 11) is 1.64. The van der Waals surface area contributed by atoms with Crippen LogP contribution < -0.4 is 4.74 Å². The van der Waals surface area contributed by atoms with Crippen LogP contribution in [0.1, 0.15) is 22.8 Å². The summed E-state index contributed by atoms with van der Waals surface area (Å²) in [5, 5.41) is 1.57. The average molecular weight is 534 g/mol. The van der Waals surface area contributed by atoms with Gasteiger partial charge >= 0.3 is 5.97 Å². The van der Waals surface area contributed by atoms with Gasteiger partial charge in [-0.3, -0.25) is 4.98 Å². The van der Waals surface area contributed by atoms with Gasteiger partial charge in [-0.1, -0.05) is 66.4 Å². The first-order chi connectivity index (χ1) is 19.2. The van der Waals surface area contributed by atoms with E-state index in [1.165, 1.54) is 11.8 Å². The molecule has 7 heteroatoms. The van der Waals surface area contributed by atoms with E-state index in [-0.39, 0.29) is 6.61 Å². The zero-order valence-electron chi connectivity index (χ0n) is 21.7. The third-order valence-corrected chi connectivity index (χ3v) is 7.04. The Labute approximate surface area is 232 Å². The minimum absolute atomic E-state index is 0.272. The first kappa shape index (κ1) is 26.0. The van der Waals surface area contributed by atoms with Gasteiger partial charge in [0.15, 0.2) is 0 Å². The normalized spacial score (nSPS) is 11.3. The van der Waals surface area contributed by atoms with Crippen LogP contribution >= 0.6 is 11.8 Å². The fourth-order valence-corrected chi connectivity index (χ4v) is 5.24. The van der Waals surface area contributed by atoms with Crippen LogP contribution in [0, 0.1) is 0 Å². The maximum absolute atomic E-state index is 13.2. The Kier molecular flexibility index (Phi) is 8.19. The van der Waals surface area contributed by atoms with Crippen molar-refractivity contribution in [3.8, 4) is 22.7 Å². The van der Waals surface area contributed by atoms with Gasteiger partial charge in [-0.15, -0.1) is 0 Å². The molecule has 0 aliphatic heterocycles. The highest BCUT2D eigenvalue weighted by Gasteiger charge is 2.26. The number of carbonyl (C=O) groups is 1. The molecule has 0 aliphatic rings. The number of nitrogens with zero attached hydrogens (tertiary/aromatic N) is 3. The molecule has 0 radical (unpaired) electrons. The number of aliphatic imine (C=N–C) groups is 1. The number of benzene rings is 3. The van der Waals surface area contributed by atoms with Crippen molar-refractivity contribution in [3.63, 3.8) is 0 Å². The number of pyridine rings is 1. The van der Waals surface area contributed by atoms with Crippen molar-refractivity contribution in [2.24, 2.45) is 4.99 Å². The quantitative estimate of drug-likeness (QED) is 0.0889. The lowest BCUT2D eigenvalue weighted by Crippen LogP contribution is -2.05. The second-order valence-corrected chi connectivity index (χ2v) is 9.42. The molecule has 2 heterocycles. The number of esters is 1. The molecule has 0 N–H and O–H groups in total. The molecule has 0 atom stereocenters. The van der Waals surface area contributed by atoms with Crippen molar-refractivity contribution in [2.45, 2.75) is 11.9 Å². The van der Waals surface area contributed by atoms with Crippen molar-refractivity contribution in [1.29, 1.82) is 0 Å². The maximum atomic E-state index is 13.2. The SMILES string of the molecule is CCOC(=O)c1cn(-c2ccccc2)c(SC(=Nc2ccc(OC)cc2)c2ccccc2)c1-c1ccccn1. The van der Waals surface area contributed by atoms with Crippen LogP contribution in [0.2, 0.25) is 0 Å². The van der Waals surface area contributed by atoms with Crippen molar-refractivity contribution in [1.82, 2.24) is 9.55 Å². The maximum Gasteiger partial charge on any atom is 0.340 e. The summed E-state index contributed by atoms with van der Waals surface area (Å²) in [6.07, 6.45) is 3.55. The molecular formula is C32H27N3O3S. The van der Waals surface area contributed by atoms with Gasteiger partial charge in [0.05, 0.1) is 35.7 Å². The minimum Gasteiger partial charge on any atom is -0.497 e. The topological polar surface area (TPSA) is 65.7 Å². The number of thioether (sulfide) groups is 1. The molecule has 0 saturated carbocycles. The Morgan fingerprint density at radius 3 is 2.23 bits per heavy atom. The average Bonchev–Trinajstić information content (AvgIpc) is 3.38. The molecule has 5 rings (SSSR count). The molecular weight excluding hydrogens is 506 g/mol. The Hall–Kier alpha value is -4.62. The molecule has 6 nitrogen and oxygen atoms in total. The summed E-state index contributed by atoms with van der Waals surface area (Å²) in [6.45, 7) is 2.07. The zero-order valence-corrected chi connectivity index (χ0v) is 22.5. The van der Waals surface area contributed by atoms with Gasteiger partial charge in [-0.2, -0.15) is 0 Å². The molecule has 0 spiro atoms. The highest BCUT2D eigenvalue weighted by atomic mass is 32.2. The highest BCUT2D eigenvalue weighted by Crippen LogP contribution is 2.40. The third-order valence-electron chi connectivity index (χ3n) is 5.93. The van der Waals surface area contributed by atoms with Crippen molar-refractivity contribution in [2.75, 3.05) is 13.7 Å². The van der Waals surface area contributed by atoms with Crippen LogP contribution in [0.4, 0.5) is 5.69 Å². The fraction of sp³-hybridized carbons (Fsp3) is 0.0938. The number of rotatable bonds is 8. The lowest BCUT2D eigenvalue weighted by molar-refractivity contribution is 0.0527. The number of aromatic nitrogens is 2. The van der Waals surface area contributed by atoms with Gasteiger partial charge in [0, 0.05) is 29.2 Å². The molecule has 39 heavy (non-hydrogen) atoms. The summed E-state index contributed by atoms with van der Waals surface area (Å²) in [6, 6.07) is 33.2. The van der Waals surface area contributed by atoms with E-state index >= 15 is 0 Å². The lowest BCUT2D eigenvalue weighted by Gasteiger charge is -2.13. The number of para-hydroxylation sites is 1. The predicted molar refractivity (Wildman–Crippen MR) is 156 cm³/mol. The summed E-state index contributed by atoms with van der Waals surface area (Å²) in [5.74, 6) is 0.361. The van der Waals surface area contributed by atoms with Crippen molar-refractivity contribution >= 4 is 28.5 Å². The number of hydrogen-bond donors (Lipinski definition) is 0. The summed E-state index contributed by atoms with van der Waals surface area (Å²) >= 11 is 1.48. The smallest absolute Gasteiger partial charge is 0.340 e. The minimum atomic E-state index is -0.400. The van der Waals surface area contributed by atoms with E-state index in [9.17, 15) is 4.79 Å². The molecule has 0 bridgehead atoms. The standard InChI is InChI=1S/C32H27N3O3S/c1-3-38-32(36)27-22-35(25-14-8-5-9-15-25)31(29(27)28-16-10-11-21-33-28)39-30(23-12-6-4-7-13-23)34-24-17-19-26(37-2)20-18-24/h4-22H,3H2,1-2H3. The first-order valence-corrected chi connectivity index (χ1v) is 13.3. The Morgan fingerprint density at radius 2 is 1.59 bits per heavy atom. The second-order valence-electron chi connectivity index (χ2n) is 8.45. The van der Waals surface area contributed by atoms with E-state index in [1.54, 1.807) is 20.2 Å². The second kappa shape index (κ2) is 12.3. The third kappa shape index (κ3) is 5.94. The molecule has 0 amide bonds. The molecule has 5 aromatic rings. The van der Waals surface area contributed by atoms with E-state index in [0.717, 1.165) is 32.8 Å². The Morgan fingerprint density at radius 1 is 0.897 bits per heavy atom. The number of methoxy groups -OCH3 is 1. The van der Waals surface area contributed by atoms with E-state index in [4.69, 9.17) is 14.5 Å². The molecule has 0 aliphatic carbocycles. The lowest BCUT2D eigenvalue weighted by atomic mass is 10.1. The van der Waals surface area contributed by atoms with E-state index in [0.29, 0.717) is 16.8 Å². The molecule has 194 valence electrons. The van der Waals surface area contributed by atoms with Crippen molar-refractivity contribution < 1.29 is 14.3 Å². The van der Waals surface area contributed by atoms with Crippen LogP contribution in [0.25, 0.3) is 16.9 Å². The Bertz CT molecular complexity index is 1570. The van der Waals surface area contributed by atoms with Crippen LogP contribution in [0.3, 0.4) is 0 Å². The predicted octanol–water partition coefficient (Wildman–Crippen LogP) is 7.60. The van der Waals surface area contributed by atoms with Crippen LogP contribution in [-0.4, -0.2) is 34.3 Å². The molecule has 3 aromatic carbocycles. The highest BCUT2D eigenvalue weighted by molar-refractivity contribution is 8.14. The summed E-state index contributed by atoms with van der Waals surface area (Å²) in [4.78, 5) is 22.9. The first-order valence-electron chi connectivity index (χ1n) is 12.5. The van der Waals surface area contributed by atoms with E-state index in [2.05, 4.69) is 4.98 Å². The van der Waals surface area contributed by atoms with Gasteiger partial charge in [0.2, 0.25) is 0 Å². The van der Waals surface area contributed by atoms with Crippen LogP contribution in [-0.2, 0) is 4.74 Å². The number of hydrogen-bond acceptors (Lipinski definition) is 6. The monoisotopic (exact) mass is 533 g/mol. The van der Waals surface area contributed by atoms with E-state index < -0.39 is 5.97 Å². The summed E-state index contributed by atoms with van der Waals surface area (Å²) < 4.78 is 12.8. The summed E-state index contributed by atoms with van der Waals surface area (Å²) in [5.41, 5.74) is 4.45. The van der Waals surface area contributed by atoms with Crippen LogP contribution in [0.5, 0.6) is 5.75 Å². The Balaban J connectivity index is 1.74. The molecule has 2 aromatic heterocycles. The van der Waals surface area contributed by atoms with Gasteiger partial charge in [0.25, 0.3) is 0 Å². The van der Waals surface area contributed by atoms with Gasteiger partial charge in [-0.25, -0.2) is 9.79 Å². The number of ether oxygens (including phenoxy) is 2. The van der Waals surface area contributed by atoms with Gasteiger partial charge in [-0.05, 0) is 55.5 Å². The largest absolute Gasteiger partial charge is 0.497 e. The van der Waals surface area contributed by atoms with Gasteiger partial charge in [0.1, 0.15) is 10.8 Å². The number of carbonyl (C=O) groups excluding carboxylic acids is 1. The molecule has 0 unspecified atom stereocenters. The van der Waals surface area contributed by atoms with E-state index in [1.807, 2.05) is 114 Å². The van der Waals surface area contributed by atoms with Crippen molar-refractivity contribution in [3.05, 3.63) is 127 Å². The molecule has 0 fully saturated rings.